The summed E-state index contributed by atoms with van der Waals surface area (Å²) in [6, 6.07) is 5.49. The smallest absolute Gasteiger partial charge is 0.240 e. The molecule has 0 saturated carbocycles. The molecule has 0 unspecified atom stereocenters. The van der Waals surface area contributed by atoms with E-state index >= 15 is 0 Å². The Labute approximate surface area is 80.5 Å². The minimum absolute atomic E-state index is 0.536. The van der Waals surface area contributed by atoms with Gasteiger partial charge in [-0.25, -0.2) is 4.79 Å². The Kier molecular flexibility index (Phi) is 2.30. The molecule has 70 valence electrons. The Morgan fingerprint density at radius 2 is 2.21 bits per heavy atom. The van der Waals surface area contributed by atoms with Gasteiger partial charge in [0.2, 0.25) is 6.08 Å². The van der Waals surface area contributed by atoms with E-state index in [2.05, 4.69) is 4.99 Å². The van der Waals surface area contributed by atoms with Crippen molar-refractivity contribution in [2.45, 2.75) is 6.54 Å². The number of aliphatic imine (C=N–C) groups is 1. The number of hydrogen-bond acceptors (Lipinski definition) is 3. The predicted octanol–water partition coefficient (Wildman–Crippen LogP) is 2.10. The fourth-order valence-corrected chi connectivity index (χ4v) is 1.24. The second-order valence-corrected chi connectivity index (χ2v) is 2.79. The maximum absolute atomic E-state index is 10.1. The van der Waals surface area contributed by atoms with E-state index in [0.717, 1.165) is 0 Å². The zero-order chi connectivity index (χ0) is 9.80. The van der Waals surface area contributed by atoms with Crippen LogP contribution in [0, 0.1) is 0 Å². The van der Waals surface area contributed by atoms with Gasteiger partial charge in [0.1, 0.15) is 11.4 Å². The zero-order valence-electron chi connectivity index (χ0n) is 7.38. The highest BCUT2D eigenvalue weighted by Crippen LogP contribution is 2.20. The lowest BCUT2D eigenvalue weighted by Crippen LogP contribution is -1.94. The Balaban J connectivity index is 2.24. The highest BCUT2D eigenvalue weighted by molar-refractivity contribution is 5.50. The van der Waals surface area contributed by atoms with Crippen LogP contribution >= 0.6 is 0 Å². The van der Waals surface area contributed by atoms with Gasteiger partial charge in [0.15, 0.2) is 0 Å². The van der Waals surface area contributed by atoms with Crippen LogP contribution in [0.4, 0.5) is 5.69 Å². The van der Waals surface area contributed by atoms with Crippen molar-refractivity contribution < 1.29 is 9.21 Å². The standard InChI is InChI=1S/C10H8N2O2/c13-8-11-9-3-6-14-10(9)7-12-4-1-2-5-12/h1-6H,7H2. The third-order valence-corrected chi connectivity index (χ3v) is 1.88. The van der Waals surface area contributed by atoms with E-state index in [0.29, 0.717) is 18.0 Å². The lowest BCUT2D eigenvalue weighted by atomic mass is 10.4. The van der Waals surface area contributed by atoms with Gasteiger partial charge in [0.25, 0.3) is 0 Å². The monoisotopic (exact) mass is 188 g/mol. The lowest BCUT2D eigenvalue weighted by Gasteiger charge is -1.99. The van der Waals surface area contributed by atoms with Gasteiger partial charge in [0, 0.05) is 18.5 Å². The van der Waals surface area contributed by atoms with Crippen molar-refractivity contribution in [3.63, 3.8) is 0 Å². The molecule has 0 saturated heterocycles. The number of furan rings is 1. The van der Waals surface area contributed by atoms with Crippen molar-refractivity contribution in [3.05, 3.63) is 42.6 Å². The normalized spacial score (nSPS) is 9.71. The van der Waals surface area contributed by atoms with Gasteiger partial charge in [-0.2, -0.15) is 4.99 Å². The third-order valence-electron chi connectivity index (χ3n) is 1.88. The Hall–Kier alpha value is -2.06. The van der Waals surface area contributed by atoms with E-state index < -0.39 is 0 Å². The van der Waals surface area contributed by atoms with Gasteiger partial charge in [-0.1, -0.05) is 0 Å². The van der Waals surface area contributed by atoms with Gasteiger partial charge in [-0.3, -0.25) is 0 Å². The van der Waals surface area contributed by atoms with Crippen molar-refractivity contribution in [1.82, 2.24) is 4.57 Å². The summed E-state index contributed by atoms with van der Waals surface area (Å²) in [6.45, 7) is 0.570. The van der Waals surface area contributed by atoms with Gasteiger partial charge in [-0.15, -0.1) is 0 Å². The Morgan fingerprint density at radius 3 is 2.93 bits per heavy atom. The second kappa shape index (κ2) is 3.77. The number of rotatable bonds is 3. The number of hydrogen-bond donors (Lipinski definition) is 0. The summed E-state index contributed by atoms with van der Waals surface area (Å²) in [4.78, 5) is 13.6. The van der Waals surface area contributed by atoms with E-state index in [-0.39, 0.29) is 0 Å². The van der Waals surface area contributed by atoms with Crippen LogP contribution in [-0.4, -0.2) is 10.6 Å². The molecule has 4 heteroatoms. The summed E-state index contributed by atoms with van der Waals surface area (Å²) in [7, 11) is 0. The highest BCUT2D eigenvalue weighted by atomic mass is 16.3. The first-order valence-electron chi connectivity index (χ1n) is 4.15. The van der Waals surface area contributed by atoms with E-state index in [1.54, 1.807) is 6.07 Å². The largest absolute Gasteiger partial charge is 0.465 e. The van der Waals surface area contributed by atoms with Gasteiger partial charge < -0.3 is 8.98 Å². The summed E-state index contributed by atoms with van der Waals surface area (Å²) in [5.41, 5.74) is 0.536. The summed E-state index contributed by atoms with van der Waals surface area (Å²) in [6.07, 6.45) is 6.83. The summed E-state index contributed by atoms with van der Waals surface area (Å²) in [5.74, 6) is 0.657. The molecule has 2 rings (SSSR count). The Morgan fingerprint density at radius 1 is 1.43 bits per heavy atom. The fourth-order valence-electron chi connectivity index (χ4n) is 1.24. The molecule has 0 aliphatic carbocycles. The summed E-state index contributed by atoms with van der Waals surface area (Å²) >= 11 is 0. The van der Waals surface area contributed by atoms with Crippen LogP contribution in [0.15, 0.2) is 46.3 Å². The average Bonchev–Trinajstić information content (AvgIpc) is 2.80. The molecule has 0 radical (unpaired) electrons. The van der Waals surface area contributed by atoms with Crippen molar-refractivity contribution >= 4 is 11.8 Å². The molecule has 0 aliphatic heterocycles. The average molecular weight is 188 g/mol. The molecule has 0 amide bonds. The van der Waals surface area contributed by atoms with Crippen molar-refractivity contribution in [2.24, 2.45) is 4.99 Å². The molecular weight excluding hydrogens is 180 g/mol. The molecule has 0 aromatic carbocycles. The second-order valence-electron chi connectivity index (χ2n) is 2.79. The van der Waals surface area contributed by atoms with Crippen LogP contribution in [0.25, 0.3) is 0 Å². The number of aromatic nitrogens is 1. The summed E-state index contributed by atoms with van der Waals surface area (Å²) < 4.78 is 7.13. The van der Waals surface area contributed by atoms with Gasteiger partial charge >= 0.3 is 0 Å². The molecule has 2 aromatic rings. The molecule has 14 heavy (non-hydrogen) atoms. The minimum Gasteiger partial charge on any atom is -0.465 e. The molecule has 4 nitrogen and oxygen atoms in total. The molecule has 0 aliphatic rings. The van der Waals surface area contributed by atoms with E-state index in [1.807, 2.05) is 29.1 Å². The zero-order valence-corrected chi connectivity index (χ0v) is 7.38. The van der Waals surface area contributed by atoms with Crippen LogP contribution < -0.4 is 0 Å². The Bertz CT molecular complexity index is 450. The van der Waals surface area contributed by atoms with Crippen LogP contribution in [0.5, 0.6) is 0 Å². The van der Waals surface area contributed by atoms with E-state index in [1.165, 1.54) is 12.3 Å². The first-order valence-corrected chi connectivity index (χ1v) is 4.15. The number of nitrogens with zero attached hydrogens (tertiary/aromatic N) is 2. The highest BCUT2D eigenvalue weighted by Gasteiger charge is 2.04. The summed E-state index contributed by atoms with van der Waals surface area (Å²) in [5, 5.41) is 0. The first-order chi connectivity index (χ1) is 6.90. The fraction of sp³-hybridized carbons (Fsp3) is 0.100. The van der Waals surface area contributed by atoms with E-state index in [9.17, 15) is 4.79 Å². The minimum atomic E-state index is 0.536. The van der Waals surface area contributed by atoms with Crippen molar-refractivity contribution in [1.29, 1.82) is 0 Å². The molecule has 0 bridgehead atoms. The van der Waals surface area contributed by atoms with Gasteiger partial charge in [0.05, 0.1) is 12.8 Å². The predicted molar refractivity (Wildman–Crippen MR) is 50.0 cm³/mol. The molecular formula is C10H8N2O2. The molecule has 0 fully saturated rings. The third kappa shape index (κ3) is 1.65. The van der Waals surface area contributed by atoms with Crippen LogP contribution in [0.1, 0.15) is 5.76 Å². The lowest BCUT2D eigenvalue weighted by molar-refractivity contribution is 0.494. The molecule has 2 heterocycles. The van der Waals surface area contributed by atoms with Crippen LogP contribution in [-0.2, 0) is 11.3 Å². The van der Waals surface area contributed by atoms with Gasteiger partial charge in [-0.05, 0) is 12.1 Å². The molecule has 0 atom stereocenters. The first kappa shape index (κ1) is 8.53. The number of isocyanates is 1. The SMILES string of the molecule is O=C=Nc1ccoc1Cn1cccc1. The maximum Gasteiger partial charge on any atom is 0.240 e. The number of carbonyl (C=O) groups excluding carboxylic acids is 1. The van der Waals surface area contributed by atoms with Crippen molar-refractivity contribution in [2.75, 3.05) is 0 Å². The molecule has 0 spiro atoms. The quantitative estimate of drug-likeness (QED) is 0.547. The van der Waals surface area contributed by atoms with Crippen molar-refractivity contribution in [3.8, 4) is 0 Å². The van der Waals surface area contributed by atoms with Crippen LogP contribution in [0.2, 0.25) is 0 Å². The van der Waals surface area contributed by atoms with Crippen LogP contribution in [0.3, 0.4) is 0 Å². The molecule has 0 N–H and O–H groups in total. The maximum atomic E-state index is 10.1. The topological polar surface area (TPSA) is 47.5 Å². The van der Waals surface area contributed by atoms with E-state index in [4.69, 9.17) is 4.42 Å². The molecule has 2 aromatic heterocycles.